The van der Waals surface area contributed by atoms with Crippen molar-refractivity contribution in [3.63, 3.8) is 0 Å². The van der Waals surface area contributed by atoms with Gasteiger partial charge in [0.2, 0.25) is 11.8 Å². The highest BCUT2D eigenvalue weighted by Gasteiger charge is 2.23. The zero-order chi connectivity index (χ0) is 22.2. The number of carbonyl (C=O) groups excluding carboxylic acids is 2. The smallest absolute Gasteiger partial charge is 0.305 e. The van der Waals surface area contributed by atoms with E-state index in [0.29, 0.717) is 25.9 Å². The number of hydrogen-bond acceptors (Lipinski definition) is 4. The molecule has 0 aromatic heterocycles. The molecule has 166 valence electrons. The molecule has 0 heterocycles. The van der Waals surface area contributed by atoms with Crippen molar-refractivity contribution in [2.24, 2.45) is 16.5 Å². The van der Waals surface area contributed by atoms with Crippen LogP contribution in [-0.2, 0) is 20.8 Å². The maximum Gasteiger partial charge on any atom is 0.305 e. The molecule has 9 heteroatoms. The summed E-state index contributed by atoms with van der Waals surface area (Å²) in [5.74, 6) is -1.85. The summed E-state index contributed by atoms with van der Waals surface area (Å²) >= 11 is 0. The number of unbranched alkanes of at least 4 members (excludes halogenated alkanes) is 4. The maximum atomic E-state index is 12.3. The molecule has 30 heavy (non-hydrogen) atoms. The number of nitrogens with two attached hydrogens (primary N) is 2. The lowest BCUT2D eigenvalue weighted by Crippen LogP contribution is -2.48. The Morgan fingerprint density at radius 1 is 1.00 bits per heavy atom. The Bertz CT molecular complexity index is 690. The molecule has 0 aliphatic carbocycles. The van der Waals surface area contributed by atoms with Crippen LogP contribution in [0.5, 0.6) is 0 Å². The normalized spacial score (nSPS) is 11.3. The molecule has 1 aromatic carbocycles. The first-order valence-corrected chi connectivity index (χ1v) is 10.3. The number of rotatable bonds is 15. The summed E-state index contributed by atoms with van der Waals surface area (Å²) in [6, 6.07) is 8.55. The number of nitrogens with zero attached hydrogens (tertiary/aromatic N) is 1. The van der Waals surface area contributed by atoms with Gasteiger partial charge in [0.15, 0.2) is 5.96 Å². The van der Waals surface area contributed by atoms with Gasteiger partial charge in [0.05, 0.1) is 6.42 Å². The number of nitrogens with one attached hydrogen (secondary N) is 2. The number of carboxylic acid groups (broad SMARTS) is 1. The van der Waals surface area contributed by atoms with Gasteiger partial charge in [0, 0.05) is 19.5 Å². The summed E-state index contributed by atoms with van der Waals surface area (Å²) in [5.41, 5.74) is 11.6. The van der Waals surface area contributed by atoms with Gasteiger partial charge in [-0.05, 0) is 24.8 Å². The van der Waals surface area contributed by atoms with Gasteiger partial charge in [-0.2, -0.15) is 0 Å². The van der Waals surface area contributed by atoms with Crippen LogP contribution in [0.3, 0.4) is 0 Å². The number of guanidine groups is 1. The number of aliphatic carboxylic acids is 1. The average molecular weight is 420 g/mol. The Kier molecular flexibility index (Phi) is 12.3. The van der Waals surface area contributed by atoms with E-state index in [0.717, 1.165) is 31.2 Å². The molecular formula is C21H33N5O4. The lowest BCUT2D eigenvalue weighted by molar-refractivity contribution is -0.140. The largest absolute Gasteiger partial charge is 0.481 e. The van der Waals surface area contributed by atoms with Crippen LogP contribution in [0.1, 0.15) is 50.5 Å². The van der Waals surface area contributed by atoms with Gasteiger partial charge in [0.25, 0.3) is 0 Å². The van der Waals surface area contributed by atoms with Crippen LogP contribution in [0.25, 0.3) is 0 Å². The fourth-order valence-electron chi connectivity index (χ4n) is 2.88. The molecule has 2 amide bonds. The molecule has 0 saturated heterocycles. The van der Waals surface area contributed by atoms with E-state index < -0.39 is 24.3 Å². The van der Waals surface area contributed by atoms with Gasteiger partial charge in [-0.15, -0.1) is 0 Å². The second-order valence-electron chi connectivity index (χ2n) is 7.07. The van der Waals surface area contributed by atoms with Crippen LogP contribution in [0.15, 0.2) is 35.3 Å². The molecule has 0 bridgehead atoms. The molecule has 1 rings (SSSR count). The van der Waals surface area contributed by atoms with Crippen molar-refractivity contribution in [1.82, 2.24) is 10.6 Å². The highest BCUT2D eigenvalue weighted by atomic mass is 16.4. The Labute approximate surface area is 177 Å². The summed E-state index contributed by atoms with van der Waals surface area (Å²) in [5, 5.41) is 14.3. The maximum absolute atomic E-state index is 12.3. The molecule has 0 saturated carbocycles. The highest BCUT2D eigenvalue weighted by Crippen LogP contribution is 2.06. The summed E-state index contributed by atoms with van der Waals surface area (Å²) < 4.78 is 0. The third kappa shape index (κ3) is 12.4. The Hall–Kier alpha value is -3.10. The predicted octanol–water partition coefficient (Wildman–Crippen LogP) is 0.919. The Balaban J connectivity index is 2.29. The molecule has 0 aliphatic heterocycles. The van der Waals surface area contributed by atoms with Crippen LogP contribution < -0.4 is 22.1 Å². The van der Waals surface area contributed by atoms with Crippen LogP contribution in [0.4, 0.5) is 0 Å². The molecule has 1 aromatic rings. The fraction of sp³-hybridized carbons (Fsp3) is 0.524. The Morgan fingerprint density at radius 3 is 2.33 bits per heavy atom. The molecule has 7 N–H and O–H groups in total. The number of aliphatic imine (C=N–C) groups is 1. The minimum Gasteiger partial charge on any atom is -0.481 e. The second kappa shape index (κ2) is 14.8. The van der Waals surface area contributed by atoms with Crippen molar-refractivity contribution in [2.45, 2.75) is 57.4 Å². The van der Waals surface area contributed by atoms with E-state index in [9.17, 15) is 14.4 Å². The number of benzene rings is 1. The molecule has 0 fully saturated rings. The van der Waals surface area contributed by atoms with Crippen LogP contribution in [-0.4, -0.2) is 48.0 Å². The second-order valence-corrected chi connectivity index (χ2v) is 7.07. The SMILES string of the molecule is NC(N)=NCCCCCCCC(=O)N[C@@H](CC(=O)O)C(=O)NCCc1ccccc1. The van der Waals surface area contributed by atoms with E-state index in [1.54, 1.807) is 0 Å². The summed E-state index contributed by atoms with van der Waals surface area (Å²) in [4.78, 5) is 39.4. The van der Waals surface area contributed by atoms with Gasteiger partial charge >= 0.3 is 5.97 Å². The van der Waals surface area contributed by atoms with Crippen LogP contribution in [0.2, 0.25) is 0 Å². The molecular weight excluding hydrogens is 386 g/mol. The monoisotopic (exact) mass is 419 g/mol. The van der Waals surface area contributed by atoms with Gasteiger partial charge in [-0.3, -0.25) is 19.4 Å². The summed E-state index contributed by atoms with van der Waals surface area (Å²) in [7, 11) is 0. The van der Waals surface area contributed by atoms with Crippen molar-refractivity contribution in [2.75, 3.05) is 13.1 Å². The standard InChI is InChI=1S/C21H33N5O4/c22-21(23)25-13-8-3-1-2-7-11-18(27)26-17(15-19(28)29)20(30)24-14-12-16-9-5-4-6-10-16/h4-6,9-10,17H,1-3,7-8,11-15H2,(H,24,30)(H,26,27)(H,28,29)(H4,22,23,25)/t17-/m0/s1. The van der Waals surface area contributed by atoms with Crippen molar-refractivity contribution in [1.29, 1.82) is 0 Å². The lowest BCUT2D eigenvalue weighted by Gasteiger charge is -2.17. The molecule has 1 atom stereocenters. The Morgan fingerprint density at radius 2 is 1.67 bits per heavy atom. The molecule has 0 radical (unpaired) electrons. The van der Waals surface area contributed by atoms with Gasteiger partial charge < -0.3 is 27.2 Å². The van der Waals surface area contributed by atoms with E-state index >= 15 is 0 Å². The van der Waals surface area contributed by atoms with Crippen molar-refractivity contribution in [3.8, 4) is 0 Å². The van der Waals surface area contributed by atoms with E-state index in [2.05, 4.69) is 15.6 Å². The van der Waals surface area contributed by atoms with E-state index in [1.165, 1.54) is 0 Å². The van der Waals surface area contributed by atoms with E-state index in [4.69, 9.17) is 16.6 Å². The summed E-state index contributed by atoms with van der Waals surface area (Å²) in [6.07, 6.45) is 4.76. The van der Waals surface area contributed by atoms with Crippen LogP contribution in [0, 0.1) is 0 Å². The first-order valence-electron chi connectivity index (χ1n) is 10.3. The van der Waals surface area contributed by atoms with E-state index in [1.807, 2.05) is 30.3 Å². The fourth-order valence-corrected chi connectivity index (χ4v) is 2.88. The van der Waals surface area contributed by atoms with Crippen molar-refractivity contribution in [3.05, 3.63) is 35.9 Å². The van der Waals surface area contributed by atoms with Crippen molar-refractivity contribution < 1.29 is 19.5 Å². The van der Waals surface area contributed by atoms with Gasteiger partial charge in [0.1, 0.15) is 6.04 Å². The minimum absolute atomic E-state index is 0.0895. The predicted molar refractivity (Wildman–Crippen MR) is 116 cm³/mol. The highest BCUT2D eigenvalue weighted by molar-refractivity contribution is 5.90. The average Bonchev–Trinajstić information content (AvgIpc) is 2.69. The molecule has 9 nitrogen and oxygen atoms in total. The first-order chi connectivity index (χ1) is 14.4. The quantitative estimate of drug-likeness (QED) is 0.161. The number of amides is 2. The number of carbonyl (C=O) groups is 3. The summed E-state index contributed by atoms with van der Waals surface area (Å²) in [6.45, 7) is 0.966. The number of carboxylic acids is 1. The molecule has 0 unspecified atom stereocenters. The topological polar surface area (TPSA) is 160 Å². The van der Waals surface area contributed by atoms with Crippen molar-refractivity contribution >= 4 is 23.7 Å². The molecule has 0 spiro atoms. The third-order valence-corrected chi connectivity index (χ3v) is 4.44. The zero-order valence-electron chi connectivity index (χ0n) is 17.3. The zero-order valence-corrected chi connectivity index (χ0v) is 17.3. The molecule has 0 aliphatic rings. The third-order valence-electron chi connectivity index (χ3n) is 4.44. The van der Waals surface area contributed by atoms with Gasteiger partial charge in [-0.25, -0.2) is 0 Å². The van der Waals surface area contributed by atoms with Gasteiger partial charge in [-0.1, -0.05) is 49.6 Å². The minimum atomic E-state index is -1.14. The first kappa shape index (κ1) is 24.9. The van der Waals surface area contributed by atoms with E-state index in [-0.39, 0.29) is 18.3 Å². The number of hydrogen-bond donors (Lipinski definition) is 5. The van der Waals surface area contributed by atoms with Crippen LogP contribution >= 0.6 is 0 Å². The lowest BCUT2D eigenvalue weighted by atomic mass is 10.1.